The molecule has 0 saturated carbocycles. The predicted octanol–water partition coefficient (Wildman–Crippen LogP) is 7.80. The van der Waals surface area contributed by atoms with Gasteiger partial charge in [0.15, 0.2) is 0 Å². The van der Waals surface area contributed by atoms with Crippen LogP contribution in [0.5, 0.6) is 17.4 Å². The molecule has 5 nitrogen and oxygen atoms in total. The topological polar surface area (TPSA) is 60.2 Å². The first-order chi connectivity index (χ1) is 19.2. The van der Waals surface area contributed by atoms with E-state index in [0.29, 0.717) is 28.7 Å². The summed E-state index contributed by atoms with van der Waals surface area (Å²) in [5.41, 5.74) is 4.94. The molecule has 41 heavy (non-hydrogen) atoms. The van der Waals surface area contributed by atoms with Crippen LogP contribution in [0.25, 0.3) is 50.0 Å². The van der Waals surface area contributed by atoms with Gasteiger partial charge in [0.1, 0.15) is 5.75 Å². The molecule has 0 bridgehead atoms. The monoisotopic (exact) mass is 786 g/mol. The summed E-state index contributed by atoms with van der Waals surface area (Å²) in [4.78, 5) is 9.29. The van der Waals surface area contributed by atoms with Crippen LogP contribution < -0.4 is 4.74 Å². The molecule has 0 spiro atoms. The van der Waals surface area contributed by atoms with E-state index in [0.717, 1.165) is 32.9 Å². The van der Waals surface area contributed by atoms with E-state index >= 15 is 0 Å². The Balaban J connectivity index is 0.00000169. The van der Waals surface area contributed by atoms with Crippen molar-refractivity contribution in [2.45, 2.75) is 0 Å². The Morgan fingerprint density at radius 1 is 0.732 bits per heavy atom. The molecule has 7 aromatic rings. The van der Waals surface area contributed by atoms with E-state index in [1.54, 1.807) is 24.4 Å². The molecular weight excluding hydrogens is 766 g/mol. The smallest absolute Gasteiger partial charge is 0.217 e. The Bertz CT molecular complexity index is 1970. The number of pyridine rings is 2. The maximum Gasteiger partial charge on any atom is 0.217 e. The van der Waals surface area contributed by atoms with Crippen molar-refractivity contribution < 1.29 is 63.6 Å². The molecule has 0 aliphatic rings. The third kappa shape index (κ3) is 5.63. The number of hydrogen-bond donors (Lipinski definition) is 1. The zero-order valence-electron chi connectivity index (χ0n) is 21.6. The van der Waals surface area contributed by atoms with Gasteiger partial charge in [0.25, 0.3) is 0 Å². The number of para-hydroxylation sites is 2. The zero-order valence-corrected chi connectivity index (χ0v) is 26.7. The van der Waals surface area contributed by atoms with Gasteiger partial charge >= 0.3 is 0 Å². The van der Waals surface area contributed by atoms with Crippen LogP contribution in [0.4, 0.5) is 0 Å². The molecule has 0 fully saturated rings. The van der Waals surface area contributed by atoms with Crippen molar-refractivity contribution >= 4 is 21.8 Å². The minimum atomic E-state index is 0. The number of hydrogen-bond acceptors (Lipinski definition) is 4. The second-order valence-electron chi connectivity index (χ2n) is 9.00. The first-order valence-electron chi connectivity index (χ1n) is 12.5. The Hall–Kier alpha value is -3.63. The molecule has 0 atom stereocenters. The first-order valence-corrected chi connectivity index (χ1v) is 12.5. The summed E-state index contributed by atoms with van der Waals surface area (Å²) in [6.45, 7) is 0. The van der Waals surface area contributed by atoms with Gasteiger partial charge in [0.2, 0.25) is 5.88 Å². The number of aromatic nitrogens is 3. The molecule has 4 aromatic carbocycles. The van der Waals surface area contributed by atoms with Crippen molar-refractivity contribution in [3.05, 3.63) is 134 Å². The van der Waals surface area contributed by atoms with Crippen molar-refractivity contribution in [1.29, 1.82) is 0 Å². The zero-order chi connectivity index (χ0) is 26.2. The quantitative estimate of drug-likeness (QED) is 0.181. The van der Waals surface area contributed by atoms with Crippen LogP contribution in [0.3, 0.4) is 0 Å². The third-order valence-corrected chi connectivity index (χ3v) is 6.57. The second-order valence-corrected chi connectivity index (χ2v) is 9.00. The Labute approximate surface area is 277 Å². The van der Waals surface area contributed by atoms with Crippen molar-refractivity contribution in [3.63, 3.8) is 0 Å². The molecule has 7 heteroatoms. The van der Waals surface area contributed by atoms with E-state index in [4.69, 9.17) is 4.74 Å². The van der Waals surface area contributed by atoms with Crippen LogP contribution in [0.2, 0.25) is 0 Å². The number of benzene rings is 4. The normalized spacial score (nSPS) is 10.6. The number of phenols is 1. The van der Waals surface area contributed by atoms with Gasteiger partial charge in [-0.15, -0.1) is 23.6 Å². The van der Waals surface area contributed by atoms with Gasteiger partial charge in [0.05, 0.1) is 11.5 Å². The summed E-state index contributed by atoms with van der Waals surface area (Å²) >= 11 is 0. The molecule has 0 aliphatic carbocycles. The van der Waals surface area contributed by atoms with Gasteiger partial charge in [-0.05, 0) is 35.8 Å². The van der Waals surface area contributed by atoms with Gasteiger partial charge in [-0.3, -0.25) is 16.1 Å². The van der Waals surface area contributed by atoms with Gasteiger partial charge < -0.3 is 14.4 Å². The number of phenolic OH excluding ortho intramolecular Hbond substituents is 1. The van der Waals surface area contributed by atoms with E-state index < -0.39 is 0 Å². The fourth-order valence-corrected chi connectivity index (χ4v) is 4.79. The van der Waals surface area contributed by atoms with Crippen LogP contribution in [0.15, 0.2) is 115 Å². The summed E-state index contributed by atoms with van der Waals surface area (Å²) in [6, 6.07) is 44.6. The standard InChI is InChI=1S/C34H20N3O2.Pt.Y/c38-32-15-7-5-12-28(32)29-13-8-16-34(36-29)39-25-17-18-27-26-11-4-6-14-30(26)37(31(27)22-25)33-21-24(19-20-35-33)23-9-2-1-3-10-23;;/h1-9,11-20,38H;;/q-3;;. The Morgan fingerprint density at radius 2 is 1.56 bits per heavy atom. The molecule has 0 amide bonds. The molecule has 0 unspecified atom stereocenters. The van der Waals surface area contributed by atoms with E-state index in [9.17, 15) is 5.11 Å². The largest absolute Gasteiger partial charge is 0.507 e. The molecular formula is C34H20N3O2PtY-3. The minimum absolute atomic E-state index is 0. The van der Waals surface area contributed by atoms with E-state index in [-0.39, 0.29) is 59.5 Å². The summed E-state index contributed by atoms with van der Waals surface area (Å²) in [6.07, 6.45) is 1.79. The number of ether oxygens (including phenoxy) is 1. The molecule has 3 heterocycles. The van der Waals surface area contributed by atoms with E-state index in [2.05, 4.69) is 44.9 Å². The van der Waals surface area contributed by atoms with E-state index in [1.165, 1.54) is 0 Å². The number of rotatable bonds is 5. The Kier molecular flexibility index (Phi) is 8.80. The summed E-state index contributed by atoms with van der Waals surface area (Å²) in [7, 11) is 0. The van der Waals surface area contributed by atoms with Crippen molar-refractivity contribution in [1.82, 2.24) is 14.5 Å². The van der Waals surface area contributed by atoms with E-state index in [1.807, 2.05) is 78.9 Å². The maximum atomic E-state index is 10.3. The fraction of sp³-hybridized carbons (Fsp3) is 0. The van der Waals surface area contributed by atoms with Crippen LogP contribution in [-0.4, -0.2) is 19.6 Å². The summed E-state index contributed by atoms with van der Waals surface area (Å²) in [5.74, 6) is 1.74. The van der Waals surface area contributed by atoms with Gasteiger partial charge in [-0.2, -0.15) is 30.3 Å². The van der Waals surface area contributed by atoms with Crippen molar-refractivity contribution in [2.75, 3.05) is 0 Å². The molecule has 1 radical (unpaired) electrons. The average Bonchev–Trinajstić information content (AvgIpc) is 3.32. The predicted molar refractivity (Wildman–Crippen MR) is 152 cm³/mol. The third-order valence-electron chi connectivity index (χ3n) is 6.57. The molecule has 7 rings (SSSR count). The van der Waals surface area contributed by atoms with Crippen LogP contribution in [0.1, 0.15) is 0 Å². The Morgan fingerprint density at radius 3 is 2.41 bits per heavy atom. The molecule has 199 valence electrons. The number of nitrogens with zero attached hydrogens (tertiary/aromatic N) is 3. The molecule has 0 saturated heterocycles. The maximum absolute atomic E-state index is 10.3. The van der Waals surface area contributed by atoms with Gasteiger partial charge in [-0.25, -0.2) is 17.1 Å². The van der Waals surface area contributed by atoms with Gasteiger partial charge in [-0.1, -0.05) is 41.9 Å². The minimum Gasteiger partial charge on any atom is -0.507 e. The fourth-order valence-electron chi connectivity index (χ4n) is 4.79. The SMILES string of the molecule is Oc1ccccc1-c1cccc(Oc2[c-]c3c(cc2)c2ccccc2n3-c2[c-]c(-c3[c-]cccc3)ccn2)n1.[Pt].[Y]. The molecule has 1 N–H and O–H groups in total. The molecule has 0 aliphatic heterocycles. The number of aromatic hydroxyl groups is 1. The van der Waals surface area contributed by atoms with Crippen LogP contribution in [0, 0.1) is 18.2 Å². The summed E-state index contributed by atoms with van der Waals surface area (Å²) < 4.78 is 8.22. The van der Waals surface area contributed by atoms with Gasteiger partial charge in [0, 0.05) is 76.7 Å². The number of fused-ring (bicyclic) bond motifs is 3. The first kappa shape index (κ1) is 28.9. The second kappa shape index (κ2) is 12.5. The average molecular weight is 787 g/mol. The van der Waals surface area contributed by atoms with Crippen LogP contribution >= 0.6 is 0 Å². The van der Waals surface area contributed by atoms with Crippen LogP contribution in [-0.2, 0) is 53.8 Å². The molecule has 3 aromatic heterocycles. The van der Waals surface area contributed by atoms with Crippen molar-refractivity contribution in [3.8, 4) is 45.6 Å². The summed E-state index contributed by atoms with van der Waals surface area (Å²) in [5, 5.41) is 12.4. The van der Waals surface area contributed by atoms with Crippen molar-refractivity contribution in [2.24, 2.45) is 0 Å².